The fourth-order valence-corrected chi connectivity index (χ4v) is 2.41. The maximum absolute atomic E-state index is 12.7. The van der Waals surface area contributed by atoms with Gasteiger partial charge in [-0.3, -0.25) is 4.79 Å². The van der Waals surface area contributed by atoms with Crippen LogP contribution in [0.15, 0.2) is 42.5 Å². The third-order valence-electron chi connectivity index (χ3n) is 3.69. The van der Waals surface area contributed by atoms with Crippen molar-refractivity contribution in [3.8, 4) is 17.2 Å². The van der Waals surface area contributed by atoms with Gasteiger partial charge in [-0.1, -0.05) is 32.0 Å². The molecule has 2 aromatic carbocycles. The number of carbonyl (C=O) groups is 2. The van der Waals surface area contributed by atoms with Gasteiger partial charge in [0.2, 0.25) is 0 Å². The molecule has 0 fully saturated rings. The minimum Gasteiger partial charge on any atom is -0.494 e. The summed E-state index contributed by atoms with van der Waals surface area (Å²) in [5.41, 5.74) is 0.896. The summed E-state index contributed by atoms with van der Waals surface area (Å²) >= 11 is 0. The molecule has 0 N–H and O–H groups in total. The number of hydrogen-bond acceptors (Lipinski definition) is 6. The predicted octanol–water partition coefficient (Wildman–Crippen LogP) is 4.55. The van der Waals surface area contributed by atoms with Crippen molar-refractivity contribution >= 4 is 11.9 Å². The number of para-hydroxylation sites is 1. The van der Waals surface area contributed by atoms with E-state index in [-0.39, 0.29) is 6.61 Å². The second-order valence-corrected chi connectivity index (χ2v) is 6.13. The van der Waals surface area contributed by atoms with E-state index in [4.69, 9.17) is 18.9 Å². The van der Waals surface area contributed by atoms with Crippen molar-refractivity contribution in [3.05, 3.63) is 53.6 Å². The lowest BCUT2D eigenvalue weighted by Gasteiger charge is -2.14. The molecule has 0 bridgehead atoms. The molecule has 0 radical (unpaired) electrons. The van der Waals surface area contributed by atoms with E-state index in [1.54, 1.807) is 42.5 Å². The quantitative estimate of drug-likeness (QED) is 0.441. The highest BCUT2D eigenvalue weighted by Gasteiger charge is 2.17. The standard InChI is InChI=1S/C22H26O6/c1-4-12-25-18-10-11-21(26-13-5-2)19(14-18)22(24)27-15-17-8-6-7-9-20(17)28-16(3)23/h6-11,14H,4-5,12-13,15H2,1-3H3. The number of carbonyl (C=O) groups excluding carboxylic acids is 2. The third-order valence-corrected chi connectivity index (χ3v) is 3.69. The molecule has 0 saturated heterocycles. The fourth-order valence-electron chi connectivity index (χ4n) is 2.41. The second kappa shape index (κ2) is 11.0. The molecule has 2 aromatic rings. The second-order valence-electron chi connectivity index (χ2n) is 6.13. The SMILES string of the molecule is CCCOc1ccc(OCCC)c(C(=O)OCc2ccccc2OC(C)=O)c1. The first kappa shape index (κ1) is 21.3. The van der Waals surface area contributed by atoms with Crippen molar-refractivity contribution in [1.82, 2.24) is 0 Å². The molecule has 6 nitrogen and oxygen atoms in total. The fraction of sp³-hybridized carbons (Fsp3) is 0.364. The molecule has 0 aliphatic heterocycles. The van der Waals surface area contributed by atoms with Crippen LogP contribution in [0.4, 0.5) is 0 Å². The summed E-state index contributed by atoms with van der Waals surface area (Å²) in [7, 11) is 0. The number of rotatable bonds is 10. The topological polar surface area (TPSA) is 71.1 Å². The summed E-state index contributed by atoms with van der Waals surface area (Å²) in [6.07, 6.45) is 1.68. The van der Waals surface area contributed by atoms with Gasteiger partial charge < -0.3 is 18.9 Å². The Hall–Kier alpha value is -3.02. The van der Waals surface area contributed by atoms with Gasteiger partial charge in [0, 0.05) is 12.5 Å². The van der Waals surface area contributed by atoms with Gasteiger partial charge in [0.05, 0.1) is 13.2 Å². The molecule has 0 aliphatic carbocycles. The van der Waals surface area contributed by atoms with Gasteiger partial charge in [-0.15, -0.1) is 0 Å². The van der Waals surface area contributed by atoms with Gasteiger partial charge in [0.25, 0.3) is 0 Å². The van der Waals surface area contributed by atoms with E-state index in [9.17, 15) is 9.59 Å². The van der Waals surface area contributed by atoms with Gasteiger partial charge in [-0.25, -0.2) is 4.79 Å². The lowest BCUT2D eigenvalue weighted by molar-refractivity contribution is -0.131. The van der Waals surface area contributed by atoms with Crippen molar-refractivity contribution < 1.29 is 28.5 Å². The van der Waals surface area contributed by atoms with Gasteiger partial charge >= 0.3 is 11.9 Å². The summed E-state index contributed by atoms with van der Waals surface area (Å²) in [6, 6.07) is 12.0. The molecule has 0 amide bonds. The first-order valence-electron chi connectivity index (χ1n) is 9.38. The number of ether oxygens (including phenoxy) is 4. The van der Waals surface area contributed by atoms with Crippen LogP contribution in [0.5, 0.6) is 17.2 Å². The Morgan fingerprint density at radius 3 is 2.32 bits per heavy atom. The Morgan fingerprint density at radius 2 is 1.61 bits per heavy atom. The Balaban J connectivity index is 2.16. The molecule has 0 aliphatic rings. The average Bonchev–Trinajstić information content (AvgIpc) is 2.69. The summed E-state index contributed by atoms with van der Waals surface area (Å²) in [4.78, 5) is 23.9. The van der Waals surface area contributed by atoms with E-state index in [1.165, 1.54) is 6.92 Å². The highest BCUT2D eigenvalue weighted by atomic mass is 16.5. The van der Waals surface area contributed by atoms with Crippen LogP contribution in [0.3, 0.4) is 0 Å². The average molecular weight is 386 g/mol. The molecule has 0 aromatic heterocycles. The van der Waals surface area contributed by atoms with Crippen LogP contribution in [-0.4, -0.2) is 25.2 Å². The first-order chi connectivity index (χ1) is 13.5. The van der Waals surface area contributed by atoms with E-state index in [0.717, 1.165) is 12.8 Å². The monoisotopic (exact) mass is 386 g/mol. The van der Waals surface area contributed by atoms with E-state index < -0.39 is 11.9 Å². The van der Waals surface area contributed by atoms with Crippen LogP contribution in [0.25, 0.3) is 0 Å². The lowest BCUT2D eigenvalue weighted by atomic mass is 10.2. The molecule has 150 valence electrons. The van der Waals surface area contributed by atoms with Crippen LogP contribution in [0.2, 0.25) is 0 Å². The number of esters is 2. The number of benzene rings is 2. The van der Waals surface area contributed by atoms with Gasteiger partial charge in [-0.05, 0) is 37.1 Å². The van der Waals surface area contributed by atoms with Crippen molar-refractivity contribution in [1.29, 1.82) is 0 Å². The zero-order chi connectivity index (χ0) is 20.4. The van der Waals surface area contributed by atoms with Crippen LogP contribution in [0.1, 0.15) is 49.5 Å². The molecule has 0 heterocycles. The molecular weight excluding hydrogens is 360 g/mol. The van der Waals surface area contributed by atoms with Crippen molar-refractivity contribution in [2.75, 3.05) is 13.2 Å². The van der Waals surface area contributed by atoms with Crippen LogP contribution < -0.4 is 14.2 Å². The molecule has 0 saturated carbocycles. The highest BCUT2D eigenvalue weighted by Crippen LogP contribution is 2.27. The Labute approximate surface area is 165 Å². The summed E-state index contributed by atoms with van der Waals surface area (Å²) in [6.45, 7) is 6.33. The normalized spacial score (nSPS) is 10.2. The van der Waals surface area contributed by atoms with Crippen molar-refractivity contribution in [2.24, 2.45) is 0 Å². The predicted molar refractivity (Wildman–Crippen MR) is 105 cm³/mol. The van der Waals surface area contributed by atoms with Crippen molar-refractivity contribution in [3.63, 3.8) is 0 Å². The van der Waals surface area contributed by atoms with Crippen LogP contribution >= 0.6 is 0 Å². The van der Waals surface area contributed by atoms with Gasteiger partial charge in [-0.2, -0.15) is 0 Å². The lowest BCUT2D eigenvalue weighted by Crippen LogP contribution is -2.10. The number of hydrogen-bond donors (Lipinski definition) is 0. The molecule has 0 atom stereocenters. The Kier molecular flexibility index (Phi) is 8.34. The maximum atomic E-state index is 12.7. The van der Waals surface area contributed by atoms with E-state index in [1.807, 2.05) is 13.8 Å². The molecule has 2 rings (SSSR count). The first-order valence-corrected chi connectivity index (χ1v) is 9.38. The minimum absolute atomic E-state index is 0.0322. The summed E-state index contributed by atoms with van der Waals surface area (Å²) in [5, 5.41) is 0. The van der Waals surface area contributed by atoms with Gasteiger partial charge in [0.15, 0.2) is 0 Å². The van der Waals surface area contributed by atoms with Gasteiger partial charge in [0.1, 0.15) is 29.4 Å². The zero-order valence-corrected chi connectivity index (χ0v) is 16.5. The highest BCUT2D eigenvalue weighted by molar-refractivity contribution is 5.93. The van der Waals surface area contributed by atoms with E-state index in [0.29, 0.717) is 41.6 Å². The molecule has 28 heavy (non-hydrogen) atoms. The maximum Gasteiger partial charge on any atom is 0.342 e. The smallest absolute Gasteiger partial charge is 0.342 e. The summed E-state index contributed by atoms with van der Waals surface area (Å²) < 4.78 is 21.9. The van der Waals surface area contributed by atoms with Crippen molar-refractivity contribution in [2.45, 2.75) is 40.2 Å². The summed E-state index contributed by atoms with van der Waals surface area (Å²) in [5.74, 6) is 0.424. The molecule has 0 spiro atoms. The zero-order valence-electron chi connectivity index (χ0n) is 16.5. The third kappa shape index (κ3) is 6.30. The Bertz CT molecular complexity index is 799. The molecular formula is C22H26O6. The van der Waals surface area contributed by atoms with Crippen LogP contribution in [-0.2, 0) is 16.1 Å². The Morgan fingerprint density at radius 1 is 0.893 bits per heavy atom. The largest absolute Gasteiger partial charge is 0.494 e. The molecule has 0 unspecified atom stereocenters. The molecule has 6 heteroatoms. The van der Waals surface area contributed by atoms with E-state index in [2.05, 4.69) is 0 Å². The van der Waals surface area contributed by atoms with E-state index >= 15 is 0 Å². The minimum atomic E-state index is -0.536. The van der Waals surface area contributed by atoms with Crippen LogP contribution in [0, 0.1) is 0 Å².